The largest absolute Gasteiger partial charge is 0.395 e. The summed E-state index contributed by atoms with van der Waals surface area (Å²) in [5.74, 6) is -1.30. The number of rotatable bonds is 2. The molecule has 0 aromatic heterocycles. The van der Waals surface area contributed by atoms with E-state index in [0.29, 0.717) is 6.54 Å². The van der Waals surface area contributed by atoms with Gasteiger partial charge in [0.25, 0.3) is 0 Å². The molecular formula is C9H12F3N. The average molecular weight is 191 g/mol. The quantitative estimate of drug-likeness (QED) is 0.706. The van der Waals surface area contributed by atoms with E-state index >= 15 is 0 Å². The van der Waals surface area contributed by atoms with E-state index < -0.39 is 12.1 Å². The zero-order chi connectivity index (χ0) is 9.90. The maximum Gasteiger partial charge on any atom is 0.395 e. The van der Waals surface area contributed by atoms with Crippen LogP contribution in [0.3, 0.4) is 0 Å². The van der Waals surface area contributed by atoms with Gasteiger partial charge in [0, 0.05) is 6.54 Å². The zero-order valence-electron chi connectivity index (χ0n) is 7.36. The first-order valence-corrected chi connectivity index (χ1v) is 4.12. The van der Waals surface area contributed by atoms with Crippen molar-refractivity contribution in [2.75, 3.05) is 13.6 Å². The van der Waals surface area contributed by atoms with Gasteiger partial charge in [-0.2, -0.15) is 13.2 Å². The summed E-state index contributed by atoms with van der Waals surface area (Å²) in [6, 6.07) is 0. The first-order chi connectivity index (χ1) is 6.04. The number of nitrogens with one attached hydrogen (secondary N) is 1. The molecule has 0 spiro atoms. The van der Waals surface area contributed by atoms with E-state index in [2.05, 4.69) is 5.32 Å². The molecule has 4 heteroatoms. The molecule has 0 bridgehead atoms. The van der Waals surface area contributed by atoms with Gasteiger partial charge >= 0.3 is 6.18 Å². The summed E-state index contributed by atoms with van der Waals surface area (Å²) in [6.07, 6.45) is 0.370. The van der Waals surface area contributed by atoms with E-state index in [4.69, 9.17) is 0 Å². The SMILES string of the molecule is CNCC1=CCC(C(F)(F)F)C=C1. The second kappa shape index (κ2) is 3.96. The molecule has 1 atom stereocenters. The minimum absolute atomic E-state index is 0.0665. The summed E-state index contributed by atoms with van der Waals surface area (Å²) in [7, 11) is 1.77. The Morgan fingerprint density at radius 3 is 2.62 bits per heavy atom. The van der Waals surface area contributed by atoms with Gasteiger partial charge in [-0.1, -0.05) is 18.2 Å². The minimum atomic E-state index is -4.10. The second-order valence-corrected chi connectivity index (χ2v) is 3.05. The van der Waals surface area contributed by atoms with Gasteiger partial charge in [-0.3, -0.25) is 0 Å². The van der Waals surface area contributed by atoms with Crippen LogP contribution in [0.15, 0.2) is 23.8 Å². The van der Waals surface area contributed by atoms with Gasteiger partial charge in [-0.05, 0) is 19.0 Å². The molecule has 0 aliphatic heterocycles. The smallest absolute Gasteiger partial charge is 0.316 e. The summed E-state index contributed by atoms with van der Waals surface area (Å²) in [6.45, 7) is 0.626. The fraction of sp³-hybridized carbons (Fsp3) is 0.556. The Labute approximate surface area is 75.3 Å². The van der Waals surface area contributed by atoms with Crippen LogP contribution in [-0.2, 0) is 0 Å². The lowest BCUT2D eigenvalue weighted by Crippen LogP contribution is -2.22. The highest BCUT2D eigenvalue weighted by Gasteiger charge is 2.37. The number of allylic oxidation sites excluding steroid dienone is 2. The molecule has 1 rings (SSSR count). The Morgan fingerprint density at radius 2 is 2.23 bits per heavy atom. The normalized spacial score (nSPS) is 23.1. The predicted octanol–water partition coefficient (Wildman–Crippen LogP) is 2.27. The average Bonchev–Trinajstić information content (AvgIpc) is 2.04. The topological polar surface area (TPSA) is 12.0 Å². The van der Waals surface area contributed by atoms with E-state index in [0.717, 1.165) is 5.57 Å². The molecule has 0 aromatic carbocycles. The fourth-order valence-corrected chi connectivity index (χ4v) is 1.24. The molecule has 1 aliphatic carbocycles. The number of halogens is 3. The number of hydrogen-bond acceptors (Lipinski definition) is 1. The molecule has 1 N–H and O–H groups in total. The van der Waals surface area contributed by atoms with Crippen LogP contribution in [0.1, 0.15) is 6.42 Å². The van der Waals surface area contributed by atoms with Crippen molar-refractivity contribution < 1.29 is 13.2 Å². The first kappa shape index (κ1) is 10.3. The van der Waals surface area contributed by atoms with Crippen molar-refractivity contribution in [2.24, 2.45) is 5.92 Å². The molecule has 0 amide bonds. The van der Waals surface area contributed by atoms with Gasteiger partial charge in [0.05, 0.1) is 5.92 Å². The van der Waals surface area contributed by atoms with Crippen molar-refractivity contribution in [1.82, 2.24) is 5.32 Å². The van der Waals surface area contributed by atoms with Gasteiger partial charge in [0.1, 0.15) is 0 Å². The second-order valence-electron chi connectivity index (χ2n) is 3.05. The Kier molecular flexibility index (Phi) is 3.14. The molecule has 0 saturated carbocycles. The van der Waals surface area contributed by atoms with Gasteiger partial charge in [0.2, 0.25) is 0 Å². The third-order valence-electron chi connectivity index (χ3n) is 1.98. The number of likely N-dealkylation sites (N-methyl/N-ethyl adjacent to an activating group) is 1. The predicted molar refractivity (Wildman–Crippen MR) is 45.3 cm³/mol. The van der Waals surface area contributed by atoms with Gasteiger partial charge < -0.3 is 5.32 Å². The van der Waals surface area contributed by atoms with E-state index in [-0.39, 0.29) is 6.42 Å². The highest BCUT2D eigenvalue weighted by Crippen LogP contribution is 2.32. The lowest BCUT2D eigenvalue weighted by Gasteiger charge is -2.18. The van der Waals surface area contributed by atoms with E-state index in [1.54, 1.807) is 13.1 Å². The lowest BCUT2D eigenvalue weighted by molar-refractivity contribution is -0.160. The molecule has 1 aliphatic rings. The summed E-state index contributed by atoms with van der Waals surface area (Å²) >= 11 is 0. The maximum atomic E-state index is 12.2. The molecule has 1 unspecified atom stereocenters. The van der Waals surface area contributed by atoms with Crippen LogP contribution in [0.2, 0.25) is 0 Å². The van der Waals surface area contributed by atoms with Crippen molar-refractivity contribution in [3.05, 3.63) is 23.8 Å². The molecule has 0 heterocycles. The zero-order valence-corrected chi connectivity index (χ0v) is 7.36. The number of alkyl halides is 3. The third kappa shape index (κ3) is 2.88. The molecule has 0 fully saturated rings. The number of hydrogen-bond donors (Lipinski definition) is 1. The molecular weight excluding hydrogens is 179 g/mol. The third-order valence-corrected chi connectivity index (χ3v) is 1.98. The molecule has 74 valence electrons. The van der Waals surface area contributed by atoms with Crippen molar-refractivity contribution in [3.8, 4) is 0 Å². The summed E-state index contributed by atoms with van der Waals surface area (Å²) in [4.78, 5) is 0. The summed E-state index contributed by atoms with van der Waals surface area (Å²) in [5.41, 5.74) is 0.919. The van der Waals surface area contributed by atoms with Crippen LogP contribution >= 0.6 is 0 Å². The van der Waals surface area contributed by atoms with Crippen LogP contribution in [0.4, 0.5) is 13.2 Å². The van der Waals surface area contributed by atoms with Crippen LogP contribution in [0, 0.1) is 5.92 Å². The van der Waals surface area contributed by atoms with Crippen molar-refractivity contribution in [1.29, 1.82) is 0 Å². The fourth-order valence-electron chi connectivity index (χ4n) is 1.24. The minimum Gasteiger partial charge on any atom is -0.316 e. The van der Waals surface area contributed by atoms with E-state index in [1.165, 1.54) is 12.2 Å². The van der Waals surface area contributed by atoms with Crippen LogP contribution in [0.25, 0.3) is 0 Å². The van der Waals surface area contributed by atoms with Crippen LogP contribution in [0.5, 0.6) is 0 Å². The highest BCUT2D eigenvalue weighted by atomic mass is 19.4. The first-order valence-electron chi connectivity index (χ1n) is 4.12. The molecule has 1 nitrogen and oxygen atoms in total. The summed E-state index contributed by atoms with van der Waals surface area (Å²) in [5, 5.41) is 2.89. The van der Waals surface area contributed by atoms with Crippen molar-refractivity contribution in [2.45, 2.75) is 12.6 Å². The lowest BCUT2D eigenvalue weighted by atomic mass is 9.96. The summed E-state index contributed by atoms with van der Waals surface area (Å²) < 4.78 is 36.5. The van der Waals surface area contributed by atoms with Crippen LogP contribution < -0.4 is 5.32 Å². The molecule has 13 heavy (non-hydrogen) atoms. The van der Waals surface area contributed by atoms with Gasteiger partial charge in [-0.15, -0.1) is 0 Å². The van der Waals surface area contributed by atoms with Crippen molar-refractivity contribution >= 4 is 0 Å². The van der Waals surface area contributed by atoms with Crippen LogP contribution in [-0.4, -0.2) is 19.8 Å². The Bertz CT molecular complexity index is 228. The molecule has 0 radical (unpaired) electrons. The Morgan fingerprint density at radius 1 is 1.54 bits per heavy atom. The standard InChI is InChI=1S/C9H12F3N/c1-13-6-7-2-4-8(5-3-7)9(10,11)12/h2-4,8,13H,5-6H2,1H3. The van der Waals surface area contributed by atoms with E-state index in [1.807, 2.05) is 0 Å². The molecule has 0 saturated heterocycles. The maximum absolute atomic E-state index is 12.2. The Hall–Kier alpha value is -0.770. The highest BCUT2D eigenvalue weighted by molar-refractivity contribution is 5.25. The van der Waals surface area contributed by atoms with Gasteiger partial charge in [0.15, 0.2) is 0 Å². The Balaban J connectivity index is 2.53. The van der Waals surface area contributed by atoms with Crippen molar-refractivity contribution in [3.63, 3.8) is 0 Å². The molecule has 0 aromatic rings. The van der Waals surface area contributed by atoms with Gasteiger partial charge in [-0.25, -0.2) is 0 Å². The van der Waals surface area contributed by atoms with E-state index in [9.17, 15) is 13.2 Å². The monoisotopic (exact) mass is 191 g/mol.